The summed E-state index contributed by atoms with van der Waals surface area (Å²) in [5.74, 6) is -10.7. The van der Waals surface area contributed by atoms with Gasteiger partial charge in [-0.05, 0) is 0 Å². The zero-order valence-corrected chi connectivity index (χ0v) is 20.5. The van der Waals surface area contributed by atoms with E-state index in [-0.39, 0.29) is 13.1 Å². The highest BCUT2D eigenvalue weighted by Gasteiger charge is 2.25. The number of aliphatic carboxylic acids is 4. The molecule has 1 aromatic rings. The molecule has 0 spiro atoms. The number of hydrogen-bond acceptors (Lipinski definition) is 12. The SMILES string of the molecule is Nc1nc(C(=O)NCCC(=O)N[C@H](CC(=O)O)C(=O)O)c(N)nc1C(=O)NCCC(=O)N[C@H](CC(=O)O)C(=O)O. The third kappa shape index (κ3) is 10.8. The minimum Gasteiger partial charge on any atom is -0.481 e. The molecule has 0 aliphatic carbocycles. The van der Waals surface area contributed by atoms with Gasteiger partial charge in [0.15, 0.2) is 23.0 Å². The summed E-state index contributed by atoms with van der Waals surface area (Å²) < 4.78 is 0. The Balaban J connectivity index is 2.66. The monoisotopic (exact) mass is 570 g/mol. The number of nitrogens with two attached hydrogens (primary N) is 2. The lowest BCUT2D eigenvalue weighted by Gasteiger charge is -2.13. The van der Waals surface area contributed by atoms with Crippen molar-refractivity contribution in [3.63, 3.8) is 0 Å². The molecule has 0 aromatic carbocycles. The zero-order valence-electron chi connectivity index (χ0n) is 20.5. The Morgan fingerprint density at radius 1 is 0.625 bits per heavy atom. The zero-order chi connectivity index (χ0) is 30.6. The van der Waals surface area contributed by atoms with Crippen molar-refractivity contribution in [2.45, 2.75) is 37.8 Å². The predicted octanol–water partition coefficient (Wildman–Crippen LogP) is -4.03. The van der Waals surface area contributed by atoms with Gasteiger partial charge in [-0.3, -0.25) is 28.8 Å². The number of amides is 4. The van der Waals surface area contributed by atoms with E-state index in [1.54, 1.807) is 0 Å². The number of aromatic nitrogens is 2. The van der Waals surface area contributed by atoms with E-state index in [1.807, 2.05) is 10.6 Å². The molecule has 0 saturated heterocycles. The summed E-state index contributed by atoms with van der Waals surface area (Å²) in [5, 5.41) is 43.7. The van der Waals surface area contributed by atoms with Crippen LogP contribution in [0.4, 0.5) is 11.6 Å². The molecule has 0 fully saturated rings. The van der Waals surface area contributed by atoms with Crippen molar-refractivity contribution in [3.8, 4) is 0 Å². The molecular formula is C20H26N8O12. The normalized spacial score (nSPS) is 11.8. The molecule has 20 nitrogen and oxygen atoms in total. The van der Waals surface area contributed by atoms with Crippen LogP contribution in [0.15, 0.2) is 0 Å². The van der Waals surface area contributed by atoms with Crippen LogP contribution in [-0.4, -0.2) is 103 Å². The van der Waals surface area contributed by atoms with Crippen molar-refractivity contribution >= 4 is 59.1 Å². The molecule has 1 aromatic heterocycles. The lowest BCUT2D eigenvalue weighted by Crippen LogP contribution is -2.43. The lowest BCUT2D eigenvalue weighted by atomic mass is 10.2. The molecule has 1 rings (SSSR count). The number of carbonyl (C=O) groups excluding carboxylic acids is 4. The third-order valence-corrected chi connectivity index (χ3v) is 4.68. The highest BCUT2D eigenvalue weighted by Crippen LogP contribution is 2.13. The van der Waals surface area contributed by atoms with Crippen molar-refractivity contribution in [2.75, 3.05) is 24.6 Å². The standard InChI is InChI=1S/C20H26N8O12/c21-15-13(17(35)23-3-1-9(29)25-7(19(37)38)5-11(31)32)27-16(22)14(28-15)18(36)24-4-2-10(30)26-8(20(39)40)6-12(33)34/h7-8H,1-6H2,(H2,22,27)(H2,21,28)(H,23,35)(H,24,36)(H,25,29)(H,26,30)(H,31,32)(H,33,34)(H,37,38)(H,39,40)/t7-,8-/m1/s1. The van der Waals surface area contributed by atoms with Gasteiger partial charge in [-0.15, -0.1) is 0 Å². The van der Waals surface area contributed by atoms with E-state index in [2.05, 4.69) is 20.6 Å². The van der Waals surface area contributed by atoms with Gasteiger partial charge in [0.1, 0.15) is 12.1 Å². The molecule has 0 aliphatic rings. The second-order valence-corrected chi connectivity index (χ2v) is 7.82. The Hall–Kier alpha value is -5.56. The molecule has 1 heterocycles. The Kier molecular flexibility index (Phi) is 12.2. The fraction of sp³-hybridized carbons (Fsp3) is 0.400. The first-order chi connectivity index (χ1) is 18.6. The highest BCUT2D eigenvalue weighted by atomic mass is 16.4. The lowest BCUT2D eigenvalue weighted by molar-refractivity contribution is -0.147. The molecule has 40 heavy (non-hydrogen) atoms. The fourth-order valence-corrected chi connectivity index (χ4v) is 2.82. The van der Waals surface area contributed by atoms with E-state index in [0.717, 1.165) is 0 Å². The summed E-state index contributed by atoms with van der Waals surface area (Å²) >= 11 is 0. The fourth-order valence-electron chi connectivity index (χ4n) is 2.82. The molecular weight excluding hydrogens is 544 g/mol. The Morgan fingerprint density at radius 3 is 1.23 bits per heavy atom. The Bertz CT molecular complexity index is 1110. The van der Waals surface area contributed by atoms with Crippen LogP contribution in [-0.2, 0) is 28.8 Å². The maximum Gasteiger partial charge on any atom is 0.326 e. The second-order valence-electron chi connectivity index (χ2n) is 7.82. The summed E-state index contributed by atoms with van der Waals surface area (Å²) in [5.41, 5.74) is 10.3. The van der Waals surface area contributed by atoms with E-state index in [0.29, 0.717) is 0 Å². The molecule has 218 valence electrons. The number of nitrogens with one attached hydrogen (secondary N) is 4. The molecule has 0 unspecified atom stereocenters. The Morgan fingerprint density at radius 2 is 0.950 bits per heavy atom. The molecule has 4 amide bonds. The van der Waals surface area contributed by atoms with Gasteiger partial charge in [0.25, 0.3) is 11.8 Å². The quantitative estimate of drug-likeness (QED) is 0.0903. The van der Waals surface area contributed by atoms with E-state index in [4.69, 9.17) is 31.9 Å². The number of carboxylic acids is 4. The minimum atomic E-state index is -1.67. The summed E-state index contributed by atoms with van der Waals surface area (Å²) in [4.78, 5) is 99.0. The van der Waals surface area contributed by atoms with Crippen molar-refractivity contribution in [1.29, 1.82) is 0 Å². The van der Waals surface area contributed by atoms with E-state index < -0.39 is 108 Å². The van der Waals surface area contributed by atoms with Crippen molar-refractivity contribution in [3.05, 3.63) is 11.4 Å². The van der Waals surface area contributed by atoms with Crippen molar-refractivity contribution in [1.82, 2.24) is 31.2 Å². The van der Waals surface area contributed by atoms with Gasteiger partial charge in [0, 0.05) is 25.9 Å². The largest absolute Gasteiger partial charge is 0.481 e. The number of nitrogens with zero attached hydrogens (tertiary/aromatic N) is 2. The summed E-state index contributed by atoms with van der Waals surface area (Å²) in [6.45, 7) is -0.685. The minimum absolute atomic E-state index is 0.343. The number of anilines is 2. The van der Waals surface area contributed by atoms with E-state index in [1.165, 1.54) is 0 Å². The maximum atomic E-state index is 12.3. The summed E-state index contributed by atoms with van der Waals surface area (Å²) in [6, 6.07) is -3.35. The molecule has 0 aliphatic heterocycles. The number of hydrogen-bond donors (Lipinski definition) is 10. The van der Waals surface area contributed by atoms with Gasteiger partial charge in [-0.1, -0.05) is 0 Å². The van der Waals surface area contributed by atoms with Gasteiger partial charge in [-0.2, -0.15) is 0 Å². The molecule has 2 atom stereocenters. The van der Waals surface area contributed by atoms with Crippen molar-refractivity contribution in [2.24, 2.45) is 0 Å². The molecule has 20 heteroatoms. The first-order valence-corrected chi connectivity index (χ1v) is 11.1. The molecule has 0 radical (unpaired) electrons. The number of rotatable bonds is 16. The number of nitrogen functional groups attached to an aromatic ring is 2. The summed E-state index contributed by atoms with van der Waals surface area (Å²) in [7, 11) is 0. The Labute approximate surface area is 223 Å². The number of carboxylic acid groups (broad SMARTS) is 4. The molecule has 0 bridgehead atoms. The van der Waals surface area contributed by atoms with Crippen LogP contribution >= 0.6 is 0 Å². The van der Waals surface area contributed by atoms with Crippen LogP contribution in [0, 0.1) is 0 Å². The predicted molar refractivity (Wildman–Crippen MR) is 128 cm³/mol. The average molecular weight is 570 g/mol. The van der Waals surface area contributed by atoms with Crippen LogP contribution in [0.3, 0.4) is 0 Å². The maximum absolute atomic E-state index is 12.3. The first kappa shape index (κ1) is 32.5. The second kappa shape index (κ2) is 15.0. The summed E-state index contributed by atoms with van der Waals surface area (Å²) in [6.07, 6.45) is -2.58. The molecule has 12 N–H and O–H groups in total. The van der Waals surface area contributed by atoms with Crippen LogP contribution in [0.2, 0.25) is 0 Å². The van der Waals surface area contributed by atoms with Crippen LogP contribution in [0.5, 0.6) is 0 Å². The van der Waals surface area contributed by atoms with Crippen LogP contribution in [0.1, 0.15) is 46.7 Å². The van der Waals surface area contributed by atoms with Crippen molar-refractivity contribution < 1.29 is 58.8 Å². The van der Waals surface area contributed by atoms with Gasteiger partial charge in [0.05, 0.1) is 12.8 Å². The smallest absolute Gasteiger partial charge is 0.326 e. The van der Waals surface area contributed by atoms with Crippen LogP contribution in [0.25, 0.3) is 0 Å². The van der Waals surface area contributed by atoms with Gasteiger partial charge in [-0.25, -0.2) is 19.6 Å². The topological polar surface area (TPSA) is 343 Å². The average Bonchev–Trinajstić information content (AvgIpc) is 2.83. The van der Waals surface area contributed by atoms with Gasteiger partial charge in [0.2, 0.25) is 11.8 Å². The van der Waals surface area contributed by atoms with Gasteiger partial charge < -0.3 is 53.2 Å². The number of carbonyl (C=O) groups is 8. The van der Waals surface area contributed by atoms with E-state index in [9.17, 15) is 38.4 Å². The van der Waals surface area contributed by atoms with E-state index >= 15 is 0 Å². The van der Waals surface area contributed by atoms with Crippen LogP contribution < -0.4 is 32.7 Å². The van der Waals surface area contributed by atoms with Gasteiger partial charge >= 0.3 is 23.9 Å². The molecule has 0 saturated carbocycles. The third-order valence-electron chi connectivity index (χ3n) is 4.68. The highest BCUT2D eigenvalue weighted by molar-refractivity contribution is 6.01. The first-order valence-electron chi connectivity index (χ1n) is 11.1.